The molecule has 0 saturated carbocycles. The lowest BCUT2D eigenvalue weighted by Crippen LogP contribution is -2.26. The molecule has 1 saturated heterocycles. The van der Waals surface area contributed by atoms with Crippen LogP contribution in [0.5, 0.6) is 0 Å². The summed E-state index contributed by atoms with van der Waals surface area (Å²) in [6.45, 7) is 4.59. The van der Waals surface area contributed by atoms with Gasteiger partial charge in [0.1, 0.15) is 17.8 Å². The van der Waals surface area contributed by atoms with E-state index in [9.17, 15) is 13.2 Å². The zero-order chi connectivity index (χ0) is 17.2. The highest BCUT2D eigenvalue weighted by atomic mass is 19.4. The van der Waals surface area contributed by atoms with Gasteiger partial charge in [-0.25, -0.2) is 9.97 Å². The lowest BCUT2D eigenvalue weighted by atomic mass is 10.1. The molecule has 1 atom stereocenters. The third-order valence-electron chi connectivity index (χ3n) is 4.07. The number of anilines is 1. The first-order valence-electron chi connectivity index (χ1n) is 7.84. The molecule has 1 aromatic heterocycles. The molecule has 1 aliphatic rings. The smallest absolute Gasteiger partial charge is 0.366 e. The van der Waals surface area contributed by atoms with Crippen molar-refractivity contribution in [3.63, 3.8) is 0 Å². The summed E-state index contributed by atoms with van der Waals surface area (Å²) in [5.41, 5.74) is 1.55. The molecule has 2 heterocycles. The molecule has 0 amide bonds. The van der Waals surface area contributed by atoms with Crippen molar-refractivity contribution in [3.8, 4) is 0 Å². The van der Waals surface area contributed by atoms with Gasteiger partial charge in [0.05, 0.1) is 0 Å². The zero-order valence-corrected chi connectivity index (χ0v) is 13.3. The predicted molar refractivity (Wildman–Crippen MR) is 85.5 cm³/mol. The van der Waals surface area contributed by atoms with Crippen molar-refractivity contribution >= 4 is 5.82 Å². The number of nitrogens with one attached hydrogen (secondary N) is 1. The van der Waals surface area contributed by atoms with Crippen LogP contribution >= 0.6 is 0 Å². The van der Waals surface area contributed by atoms with Gasteiger partial charge in [0.25, 0.3) is 0 Å². The standard InChI is InChI=1S/C17H19F3N4/c1-12-3-2-4-13(7-12)9-24-6-5-14(10-24)23-16-8-15(17(18,19)20)21-11-22-16/h2-4,7-8,11,14H,5-6,9-10H2,1H3,(H,21,22,23). The van der Waals surface area contributed by atoms with Crippen LogP contribution in [0, 0.1) is 6.92 Å². The van der Waals surface area contributed by atoms with Crippen LogP contribution in [0.1, 0.15) is 23.2 Å². The van der Waals surface area contributed by atoms with Crippen molar-refractivity contribution in [2.24, 2.45) is 0 Å². The highest BCUT2D eigenvalue weighted by molar-refractivity contribution is 5.37. The molecule has 0 spiro atoms. The summed E-state index contributed by atoms with van der Waals surface area (Å²) >= 11 is 0. The molecule has 1 aliphatic heterocycles. The van der Waals surface area contributed by atoms with Crippen LogP contribution in [0.15, 0.2) is 36.7 Å². The third kappa shape index (κ3) is 4.23. The van der Waals surface area contributed by atoms with Gasteiger partial charge in [-0.1, -0.05) is 29.8 Å². The molecular weight excluding hydrogens is 317 g/mol. The Bertz CT molecular complexity index is 702. The van der Waals surface area contributed by atoms with Gasteiger partial charge < -0.3 is 5.32 Å². The van der Waals surface area contributed by atoms with E-state index in [0.717, 1.165) is 38.4 Å². The first-order valence-corrected chi connectivity index (χ1v) is 7.84. The Kier molecular flexibility index (Phi) is 4.71. The molecule has 24 heavy (non-hydrogen) atoms. The molecule has 1 fully saturated rings. The van der Waals surface area contributed by atoms with Gasteiger partial charge in [0.15, 0.2) is 0 Å². The number of aryl methyl sites for hydroxylation is 1. The van der Waals surface area contributed by atoms with Gasteiger partial charge in [-0.05, 0) is 18.9 Å². The van der Waals surface area contributed by atoms with Gasteiger partial charge >= 0.3 is 6.18 Å². The third-order valence-corrected chi connectivity index (χ3v) is 4.07. The average Bonchev–Trinajstić information content (AvgIpc) is 2.94. The molecule has 2 aromatic rings. The second-order valence-electron chi connectivity index (χ2n) is 6.14. The Morgan fingerprint density at radius 3 is 2.83 bits per heavy atom. The molecule has 7 heteroatoms. The molecule has 0 bridgehead atoms. The highest BCUT2D eigenvalue weighted by Crippen LogP contribution is 2.28. The maximum atomic E-state index is 12.7. The van der Waals surface area contributed by atoms with E-state index in [4.69, 9.17) is 0 Å². The van der Waals surface area contributed by atoms with Crippen LogP contribution in [0.2, 0.25) is 0 Å². The van der Waals surface area contributed by atoms with Gasteiger partial charge in [0.2, 0.25) is 0 Å². The maximum Gasteiger partial charge on any atom is 0.433 e. The summed E-state index contributed by atoms with van der Waals surface area (Å²) in [7, 11) is 0. The molecular formula is C17H19F3N4. The lowest BCUT2D eigenvalue weighted by molar-refractivity contribution is -0.141. The Balaban J connectivity index is 1.58. The van der Waals surface area contributed by atoms with Crippen LogP contribution in [0.25, 0.3) is 0 Å². The van der Waals surface area contributed by atoms with Gasteiger partial charge in [-0.3, -0.25) is 4.90 Å². The van der Waals surface area contributed by atoms with E-state index in [1.165, 1.54) is 11.1 Å². The van der Waals surface area contributed by atoms with Crippen molar-refractivity contribution in [1.29, 1.82) is 0 Å². The summed E-state index contributed by atoms with van der Waals surface area (Å²) < 4.78 is 38.1. The first kappa shape index (κ1) is 16.7. The summed E-state index contributed by atoms with van der Waals surface area (Å²) in [6.07, 6.45) is -2.63. The second kappa shape index (κ2) is 6.76. The first-order chi connectivity index (χ1) is 11.4. The van der Waals surface area contributed by atoms with E-state index in [1.807, 2.05) is 6.07 Å². The number of rotatable bonds is 4. The van der Waals surface area contributed by atoms with Gasteiger partial charge in [-0.15, -0.1) is 0 Å². The van der Waals surface area contributed by atoms with Crippen molar-refractivity contribution in [3.05, 3.63) is 53.5 Å². The molecule has 128 valence electrons. The Labute approximate surface area is 138 Å². The van der Waals surface area contributed by atoms with Gasteiger partial charge in [-0.2, -0.15) is 13.2 Å². The van der Waals surface area contributed by atoms with E-state index >= 15 is 0 Å². The number of nitrogens with zero attached hydrogens (tertiary/aromatic N) is 3. The number of alkyl halides is 3. The van der Waals surface area contributed by atoms with Gasteiger partial charge in [0, 0.05) is 31.7 Å². The monoisotopic (exact) mass is 336 g/mol. The molecule has 1 unspecified atom stereocenters. The Morgan fingerprint density at radius 2 is 2.08 bits per heavy atom. The van der Waals surface area contributed by atoms with Crippen LogP contribution in [-0.2, 0) is 12.7 Å². The minimum Gasteiger partial charge on any atom is -0.366 e. The van der Waals surface area contributed by atoms with Crippen molar-refractivity contribution in [2.45, 2.75) is 32.1 Å². The van der Waals surface area contributed by atoms with E-state index in [2.05, 4.69) is 45.3 Å². The minimum atomic E-state index is -4.45. The fourth-order valence-corrected chi connectivity index (χ4v) is 2.96. The Hall–Kier alpha value is -2.15. The second-order valence-corrected chi connectivity index (χ2v) is 6.14. The fourth-order valence-electron chi connectivity index (χ4n) is 2.96. The Morgan fingerprint density at radius 1 is 1.25 bits per heavy atom. The summed E-state index contributed by atoms with van der Waals surface area (Å²) in [5, 5.41) is 3.09. The van der Waals surface area contributed by atoms with E-state index in [1.54, 1.807) is 0 Å². The molecule has 1 aromatic carbocycles. The number of hydrogen-bond donors (Lipinski definition) is 1. The number of aromatic nitrogens is 2. The van der Waals surface area contributed by atoms with Crippen LogP contribution in [-0.4, -0.2) is 34.0 Å². The lowest BCUT2D eigenvalue weighted by Gasteiger charge is -2.17. The SMILES string of the molecule is Cc1cccc(CN2CCC(Nc3cc(C(F)(F)F)ncn3)C2)c1. The number of benzene rings is 1. The minimum absolute atomic E-state index is 0.0887. The highest BCUT2D eigenvalue weighted by Gasteiger charge is 2.33. The summed E-state index contributed by atoms with van der Waals surface area (Å²) in [4.78, 5) is 9.46. The molecule has 0 radical (unpaired) electrons. The predicted octanol–water partition coefficient (Wildman–Crippen LogP) is 3.49. The summed E-state index contributed by atoms with van der Waals surface area (Å²) in [6, 6.07) is 9.39. The van der Waals surface area contributed by atoms with Crippen LogP contribution in [0.4, 0.5) is 19.0 Å². The fraction of sp³-hybridized carbons (Fsp3) is 0.412. The number of hydrogen-bond acceptors (Lipinski definition) is 4. The molecule has 4 nitrogen and oxygen atoms in total. The number of halogens is 3. The zero-order valence-electron chi connectivity index (χ0n) is 13.3. The topological polar surface area (TPSA) is 41.0 Å². The van der Waals surface area contributed by atoms with Crippen molar-refractivity contribution in [1.82, 2.24) is 14.9 Å². The largest absolute Gasteiger partial charge is 0.433 e. The van der Waals surface area contributed by atoms with E-state index < -0.39 is 11.9 Å². The molecule has 3 rings (SSSR count). The normalized spacial score (nSPS) is 18.8. The average molecular weight is 336 g/mol. The molecule has 0 aliphatic carbocycles. The molecule has 1 N–H and O–H groups in total. The maximum absolute atomic E-state index is 12.7. The van der Waals surface area contributed by atoms with Crippen LogP contribution < -0.4 is 5.32 Å². The summed E-state index contributed by atoms with van der Waals surface area (Å²) in [5.74, 6) is 0.222. The van der Waals surface area contributed by atoms with Crippen molar-refractivity contribution < 1.29 is 13.2 Å². The quantitative estimate of drug-likeness (QED) is 0.928. The van der Waals surface area contributed by atoms with E-state index in [0.29, 0.717) is 0 Å². The van der Waals surface area contributed by atoms with E-state index in [-0.39, 0.29) is 11.9 Å². The van der Waals surface area contributed by atoms with Crippen LogP contribution in [0.3, 0.4) is 0 Å². The van der Waals surface area contributed by atoms with Crippen molar-refractivity contribution in [2.75, 3.05) is 18.4 Å². The number of likely N-dealkylation sites (tertiary alicyclic amines) is 1.